The number of carbonyl (C=O) groups excluding carboxylic acids is 1. The topological polar surface area (TPSA) is 23.6 Å². The summed E-state index contributed by atoms with van der Waals surface area (Å²) in [6.07, 6.45) is 3.86. The summed E-state index contributed by atoms with van der Waals surface area (Å²) in [5.74, 6) is -0.320. The third-order valence-electron chi connectivity index (χ3n) is 5.44. The number of halogens is 3. The molecule has 6 heteroatoms. The molecule has 1 aromatic rings. The van der Waals surface area contributed by atoms with Gasteiger partial charge in [-0.1, -0.05) is 25.3 Å². The molecule has 0 bridgehead atoms. The van der Waals surface area contributed by atoms with Gasteiger partial charge in [-0.15, -0.1) is 0 Å². The summed E-state index contributed by atoms with van der Waals surface area (Å²) in [5.41, 5.74) is -0.574. The third kappa shape index (κ3) is 4.54. The first kappa shape index (κ1) is 18.2. The van der Waals surface area contributed by atoms with Crippen LogP contribution in [0.1, 0.15) is 54.5 Å². The average Bonchev–Trinajstić information content (AvgIpc) is 2.57. The van der Waals surface area contributed by atoms with Gasteiger partial charge in [0.25, 0.3) is 12.3 Å². The Morgan fingerprint density at radius 1 is 1.16 bits per heavy atom. The van der Waals surface area contributed by atoms with E-state index in [0.717, 1.165) is 43.8 Å². The number of hydrogen-bond acceptors (Lipinski definition) is 2. The van der Waals surface area contributed by atoms with Gasteiger partial charge in [-0.3, -0.25) is 9.69 Å². The third-order valence-corrected chi connectivity index (χ3v) is 5.44. The molecular formula is C19H25F3N2O. The first-order valence-electron chi connectivity index (χ1n) is 9.14. The summed E-state index contributed by atoms with van der Waals surface area (Å²) in [6, 6.07) is 2.95. The van der Waals surface area contributed by atoms with Crippen molar-refractivity contribution in [1.29, 1.82) is 0 Å². The molecule has 1 saturated carbocycles. The van der Waals surface area contributed by atoms with Crippen LogP contribution in [0.2, 0.25) is 0 Å². The van der Waals surface area contributed by atoms with E-state index in [1.807, 2.05) is 0 Å². The fourth-order valence-corrected chi connectivity index (χ4v) is 3.57. The van der Waals surface area contributed by atoms with Gasteiger partial charge in [-0.2, -0.15) is 0 Å². The van der Waals surface area contributed by atoms with Crippen molar-refractivity contribution >= 4 is 5.91 Å². The van der Waals surface area contributed by atoms with E-state index in [1.54, 1.807) is 4.90 Å². The van der Waals surface area contributed by atoms with Crippen molar-refractivity contribution in [3.05, 3.63) is 35.1 Å². The molecule has 0 unspecified atom stereocenters. The number of carbonyl (C=O) groups is 1. The number of benzene rings is 1. The van der Waals surface area contributed by atoms with E-state index >= 15 is 0 Å². The Kier molecular flexibility index (Phi) is 5.99. The van der Waals surface area contributed by atoms with Crippen LogP contribution in [-0.4, -0.2) is 48.4 Å². The van der Waals surface area contributed by atoms with E-state index < -0.39 is 18.1 Å². The van der Waals surface area contributed by atoms with Crippen molar-refractivity contribution in [3.63, 3.8) is 0 Å². The molecule has 138 valence electrons. The van der Waals surface area contributed by atoms with Gasteiger partial charge in [0.1, 0.15) is 5.82 Å². The summed E-state index contributed by atoms with van der Waals surface area (Å²) in [5, 5.41) is 0. The lowest BCUT2D eigenvalue weighted by molar-refractivity contribution is 0.0627. The molecule has 0 atom stereocenters. The Morgan fingerprint density at radius 2 is 1.88 bits per heavy atom. The van der Waals surface area contributed by atoms with Gasteiger partial charge < -0.3 is 4.90 Å². The molecule has 3 nitrogen and oxygen atoms in total. The highest BCUT2D eigenvalue weighted by atomic mass is 19.3. The molecule has 1 aromatic carbocycles. The van der Waals surface area contributed by atoms with Crippen LogP contribution in [0.4, 0.5) is 13.2 Å². The minimum atomic E-state index is -2.71. The van der Waals surface area contributed by atoms with Crippen LogP contribution in [0, 0.1) is 11.7 Å². The number of alkyl halides is 2. The fourth-order valence-electron chi connectivity index (χ4n) is 3.57. The van der Waals surface area contributed by atoms with E-state index in [4.69, 9.17) is 0 Å². The number of hydrogen-bond donors (Lipinski definition) is 0. The Morgan fingerprint density at radius 3 is 2.48 bits per heavy atom. The molecule has 2 fully saturated rings. The fraction of sp³-hybridized carbons (Fsp3) is 0.632. The lowest BCUT2D eigenvalue weighted by Gasteiger charge is -2.35. The standard InChI is InChI=1S/C19H25F3N2O/c20-17-7-6-15(18(21)22)13-16(17)19(25)24-11-9-23(10-12-24)8-2-5-14-3-1-4-14/h6-7,13-14,18H,1-5,8-12H2. The molecular weight excluding hydrogens is 329 g/mol. The second kappa shape index (κ2) is 8.21. The Hall–Kier alpha value is -1.56. The molecule has 1 aliphatic carbocycles. The second-order valence-corrected chi connectivity index (χ2v) is 7.11. The molecule has 0 radical (unpaired) electrons. The monoisotopic (exact) mass is 354 g/mol. The summed E-state index contributed by atoms with van der Waals surface area (Å²) in [6.45, 7) is 3.58. The molecule has 0 N–H and O–H groups in total. The lowest BCUT2D eigenvalue weighted by Crippen LogP contribution is -2.49. The van der Waals surface area contributed by atoms with Gasteiger partial charge >= 0.3 is 0 Å². The second-order valence-electron chi connectivity index (χ2n) is 7.11. The maximum absolute atomic E-state index is 13.9. The van der Waals surface area contributed by atoms with Gasteiger partial charge in [0.05, 0.1) is 5.56 Å². The molecule has 1 aliphatic heterocycles. The van der Waals surface area contributed by atoms with Gasteiger partial charge in [0.15, 0.2) is 0 Å². The molecule has 3 rings (SSSR count). The molecule has 0 aromatic heterocycles. The van der Waals surface area contributed by atoms with Crippen molar-refractivity contribution in [2.75, 3.05) is 32.7 Å². The van der Waals surface area contributed by atoms with Crippen LogP contribution in [0.5, 0.6) is 0 Å². The predicted octanol–water partition coefficient (Wildman–Crippen LogP) is 4.10. The van der Waals surface area contributed by atoms with Gasteiger partial charge in [-0.25, -0.2) is 13.2 Å². The first-order valence-corrected chi connectivity index (χ1v) is 9.14. The van der Waals surface area contributed by atoms with Crippen LogP contribution in [0.3, 0.4) is 0 Å². The molecule has 1 amide bonds. The summed E-state index contributed by atoms with van der Waals surface area (Å²) >= 11 is 0. The molecule has 0 spiro atoms. The van der Waals surface area contributed by atoms with Crippen molar-refractivity contribution in [2.45, 2.75) is 38.5 Å². The quantitative estimate of drug-likeness (QED) is 0.768. The summed E-state index contributed by atoms with van der Waals surface area (Å²) in [7, 11) is 0. The SMILES string of the molecule is O=C(c1cc(C(F)F)ccc1F)N1CCN(CCCC2CCC2)CC1. The lowest BCUT2D eigenvalue weighted by atomic mass is 9.82. The molecule has 1 heterocycles. The number of amides is 1. The average molecular weight is 354 g/mol. The zero-order valence-corrected chi connectivity index (χ0v) is 14.4. The van der Waals surface area contributed by atoms with Crippen LogP contribution in [0.25, 0.3) is 0 Å². The summed E-state index contributed by atoms with van der Waals surface area (Å²) < 4.78 is 39.5. The highest BCUT2D eigenvalue weighted by molar-refractivity contribution is 5.94. The zero-order chi connectivity index (χ0) is 17.8. The Balaban J connectivity index is 1.50. The van der Waals surface area contributed by atoms with Crippen LogP contribution in [0.15, 0.2) is 18.2 Å². The normalized spacial score (nSPS) is 19.3. The van der Waals surface area contributed by atoms with Crippen molar-refractivity contribution < 1.29 is 18.0 Å². The summed E-state index contributed by atoms with van der Waals surface area (Å²) in [4.78, 5) is 16.4. The van der Waals surface area contributed by atoms with E-state index in [9.17, 15) is 18.0 Å². The maximum Gasteiger partial charge on any atom is 0.263 e. The smallest absolute Gasteiger partial charge is 0.263 e. The van der Waals surface area contributed by atoms with E-state index in [-0.39, 0.29) is 11.1 Å². The molecule has 25 heavy (non-hydrogen) atoms. The maximum atomic E-state index is 13.9. The minimum Gasteiger partial charge on any atom is -0.336 e. The molecule has 1 saturated heterocycles. The Bertz CT molecular complexity index is 596. The van der Waals surface area contributed by atoms with E-state index in [2.05, 4.69) is 4.90 Å². The largest absolute Gasteiger partial charge is 0.336 e. The van der Waals surface area contributed by atoms with Crippen LogP contribution >= 0.6 is 0 Å². The van der Waals surface area contributed by atoms with E-state index in [1.165, 1.54) is 32.1 Å². The van der Waals surface area contributed by atoms with E-state index in [0.29, 0.717) is 13.1 Å². The van der Waals surface area contributed by atoms with Crippen LogP contribution < -0.4 is 0 Å². The zero-order valence-electron chi connectivity index (χ0n) is 14.4. The predicted molar refractivity (Wildman–Crippen MR) is 90.3 cm³/mol. The van der Waals surface area contributed by atoms with Crippen molar-refractivity contribution in [2.24, 2.45) is 5.92 Å². The highest BCUT2D eigenvalue weighted by Crippen LogP contribution is 2.30. The van der Waals surface area contributed by atoms with Crippen molar-refractivity contribution in [1.82, 2.24) is 9.80 Å². The number of piperazine rings is 1. The minimum absolute atomic E-state index is 0.253. The van der Waals surface area contributed by atoms with Gasteiger partial charge in [0, 0.05) is 31.7 Å². The number of rotatable bonds is 6. The van der Waals surface area contributed by atoms with Gasteiger partial charge in [-0.05, 0) is 37.4 Å². The van der Waals surface area contributed by atoms with Gasteiger partial charge in [0.2, 0.25) is 0 Å². The van der Waals surface area contributed by atoms with Crippen molar-refractivity contribution in [3.8, 4) is 0 Å². The molecule has 2 aliphatic rings. The Labute approximate surface area is 146 Å². The van der Waals surface area contributed by atoms with Crippen LogP contribution in [-0.2, 0) is 0 Å². The number of nitrogens with zero attached hydrogens (tertiary/aromatic N) is 2. The highest BCUT2D eigenvalue weighted by Gasteiger charge is 2.25. The first-order chi connectivity index (χ1) is 12.0.